The monoisotopic (exact) mass is 306 g/mol. The van der Waals surface area contributed by atoms with Gasteiger partial charge in [-0.25, -0.2) is 4.79 Å². The van der Waals surface area contributed by atoms with E-state index >= 15 is 0 Å². The minimum absolute atomic E-state index is 0.255. The molecule has 2 N–H and O–H groups in total. The van der Waals surface area contributed by atoms with Gasteiger partial charge in [-0.15, -0.1) is 0 Å². The highest BCUT2D eigenvalue weighted by molar-refractivity contribution is 5.90. The number of hydrogen-bond acceptors (Lipinski definition) is 3. The number of benzene rings is 1. The van der Waals surface area contributed by atoms with Gasteiger partial charge in [0.15, 0.2) is 0 Å². The van der Waals surface area contributed by atoms with Gasteiger partial charge in [-0.3, -0.25) is 4.79 Å². The van der Waals surface area contributed by atoms with Crippen molar-refractivity contribution in [2.45, 2.75) is 20.3 Å². The zero-order valence-corrected chi connectivity index (χ0v) is 12.9. The summed E-state index contributed by atoms with van der Waals surface area (Å²) in [6.45, 7) is 5.47. The third-order valence-corrected chi connectivity index (χ3v) is 3.49. The molecule has 1 aromatic rings. The van der Waals surface area contributed by atoms with Crippen LogP contribution in [0.25, 0.3) is 0 Å². The van der Waals surface area contributed by atoms with Gasteiger partial charge in [0.25, 0.3) is 0 Å². The van der Waals surface area contributed by atoms with Crippen LogP contribution in [0, 0.1) is 11.8 Å². The highest BCUT2D eigenvalue weighted by atomic mass is 16.5. The molecule has 22 heavy (non-hydrogen) atoms. The Morgan fingerprint density at radius 2 is 2.23 bits per heavy atom. The van der Waals surface area contributed by atoms with Gasteiger partial charge in [-0.2, -0.15) is 0 Å². The lowest BCUT2D eigenvalue weighted by Gasteiger charge is -2.17. The van der Waals surface area contributed by atoms with Crippen molar-refractivity contribution in [3.05, 3.63) is 24.3 Å². The van der Waals surface area contributed by atoms with Gasteiger partial charge in [-0.05, 0) is 24.5 Å². The summed E-state index contributed by atoms with van der Waals surface area (Å²) in [6.07, 6.45) is 0.500. The number of anilines is 1. The molecule has 6 nitrogen and oxygen atoms in total. The van der Waals surface area contributed by atoms with Crippen LogP contribution in [0.15, 0.2) is 24.3 Å². The van der Waals surface area contributed by atoms with Crippen molar-refractivity contribution >= 4 is 17.7 Å². The van der Waals surface area contributed by atoms with Crippen LogP contribution in [0.3, 0.4) is 0 Å². The van der Waals surface area contributed by atoms with Crippen LogP contribution >= 0.6 is 0 Å². The van der Waals surface area contributed by atoms with Gasteiger partial charge in [0.05, 0.1) is 12.5 Å². The first-order valence-corrected chi connectivity index (χ1v) is 7.47. The molecule has 120 valence electrons. The first kappa shape index (κ1) is 16.1. The number of amides is 2. The Kier molecular flexibility index (Phi) is 5.25. The highest BCUT2D eigenvalue weighted by Gasteiger charge is 2.30. The summed E-state index contributed by atoms with van der Waals surface area (Å²) < 4.78 is 5.62. The fourth-order valence-electron chi connectivity index (χ4n) is 2.28. The number of likely N-dealkylation sites (tertiary alicyclic amines) is 1. The van der Waals surface area contributed by atoms with E-state index in [2.05, 4.69) is 19.2 Å². The molecule has 1 heterocycles. The van der Waals surface area contributed by atoms with Crippen LogP contribution in [-0.4, -0.2) is 41.7 Å². The first-order chi connectivity index (χ1) is 10.5. The number of carbonyl (C=O) groups is 2. The Hall–Kier alpha value is -2.24. The van der Waals surface area contributed by atoms with Crippen LogP contribution in [0.5, 0.6) is 5.75 Å². The standard InChI is InChI=1S/C16H22N2O4/c1-11(2)10-22-14-5-3-4-13(8-14)17-16(21)18-7-6-12(9-18)15(19)20/h3-5,8,11-12H,6-7,9-10H2,1-2H3,(H,17,21)(H,19,20). The predicted octanol–water partition coefficient (Wildman–Crippen LogP) is 2.66. The van der Waals surface area contributed by atoms with Gasteiger partial charge < -0.3 is 20.1 Å². The van der Waals surface area contributed by atoms with Crippen molar-refractivity contribution in [1.29, 1.82) is 0 Å². The summed E-state index contributed by atoms with van der Waals surface area (Å²) >= 11 is 0. The van der Waals surface area contributed by atoms with E-state index in [1.165, 1.54) is 4.90 Å². The number of carboxylic acids is 1. The molecule has 0 saturated carbocycles. The molecule has 1 aromatic carbocycles. The fraction of sp³-hybridized carbons (Fsp3) is 0.500. The number of urea groups is 1. The quantitative estimate of drug-likeness (QED) is 0.876. The van der Waals surface area contributed by atoms with Crippen LogP contribution in [0.1, 0.15) is 20.3 Å². The number of rotatable bonds is 5. The summed E-state index contributed by atoms with van der Waals surface area (Å²) in [5.74, 6) is -0.182. The molecule has 1 unspecified atom stereocenters. The molecule has 1 fully saturated rings. The minimum Gasteiger partial charge on any atom is -0.493 e. The number of aliphatic carboxylic acids is 1. The van der Waals surface area contributed by atoms with Gasteiger partial charge in [-0.1, -0.05) is 19.9 Å². The van der Waals surface area contributed by atoms with Crippen molar-refractivity contribution < 1.29 is 19.4 Å². The molecule has 2 rings (SSSR count). The summed E-state index contributed by atoms with van der Waals surface area (Å²) in [7, 11) is 0. The van der Waals surface area contributed by atoms with Crippen LogP contribution < -0.4 is 10.1 Å². The minimum atomic E-state index is -0.848. The fourth-order valence-corrected chi connectivity index (χ4v) is 2.28. The smallest absolute Gasteiger partial charge is 0.321 e. The SMILES string of the molecule is CC(C)COc1cccc(NC(=O)N2CCC(C(=O)O)C2)c1. The maximum Gasteiger partial charge on any atom is 0.321 e. The maximum atomic E-state index is 12.1. The predicted molar refractivity (Wildman–Crippen MR) is 83.1 cm³/mol. The molecular formula is C16H22N2O4. The third kappa shape index (κ3) is 4.38. The normalized spacial score (nSPS) is 17.6. The highest BCUT2D eigenvalue weighted by Crippen LogP contribution is 2.21. The zero-order valence-electron chi connectivity index (χ0n) is 12.9. The molecule has 6 heteroatoms. The second kappa shape index (κ2) is 7.15. The summed E-state index contributed by atoms with van der Waals surface area (Å²) in [5, 5.41) is 11.8. The lowest BCUT2D eigenvalue weighted by molar-refractivity contribution is -0.141. The maximum absolute atomic E-state index is 12.1. The van der Waals surface area contributed by atoms with E-state index in [9.17, 15) is 9.59 Å². The largest absolute Gasteiger partial charge is 0.493 e. The lowest BCUT2D eigenvalue weighted by atomic mass is 10.1. The van der Waals surface area contributed by atoms with E-state index in [1.54, 1.807) is 12.1 Å². The Balaban J connectivity index is 1.91. The molecular weight excluding hydrogens is 284 g/mol. The molecule has 1 atom stereocenters. The summed E-state index contributed by atoms with van der Waals surface area (Å²) in [6, 6.07) is 6.93. The van der Waals surface area contributed by atoms with Crippen LogP contribution in [0.4, 0.5) is 10.5 Å². The first-order valence-electron chi connectivity index (χ1n) is 7.47. The third-order valence-electron chi connectivity index (χ3n) is 3.49. The van der Waals surface area contributed by atoms with Crippen molar-refractivity contribution in [3.63, 3.8) is 0 Å². The topological polar surface area (TPSA) is 78.9 Å². The van der Waals surface area contributed by atoms with Crippen molar-refractivity contribution in [3.8, 4) is 5.75 Å². The Morgan fingerprint density at radius 3 is 2.86 bits per heavy atom. The molecule has 1 aliphatic rings. The van der Waals surface area contributed by atoms with Gasteiger partial charge >= 0.3 is 12.0 Å². The molecule has 0 spiro atoms. The van der Waals surface area contributed by atoms with E-state index in [4.69, 9.17) is 9.84 Å². The molecule has 2 amide bonds. The van der Waals surface area contributed by atoms with Gasteiger partial charge in [0.1, 0.15) is 5.75 Å². The van der Waals surface area contributed by atoms with E-state index in [0.29, 0.717) is 36.9 Å². The second-order valence-corrected chi connectivity index (χ2v) is 5.93. The number of hydrogen-bond donors (Lipinski definition) is 2. The second-order valence-electron chi connectivity index (χ2n) is 5.93. The molecule has 0 aliphatic carbocycles. The zero-order chi connectivity index (χ0) is 16.1. The molecule has 0 aromatic heterocycles. The molecule has 1 saturated heterocycles. The average molecular weight is 306 g/mol. The van der Waals surface area contributed by atoms with Crippen molar-refractivity contribution in [2.24, 2.45) is 11.8 Å². The van der Waals surface area contributed by atoms with Crippen LogP contribution in [-0.2, 0) is 4.79 Å². The molecule has 0 radical (unpaired) electrons. The number of carbonyl (C=O) groups excluding carboxylic acids is 1. The molecule has 0 bridgehead atoms. The average Bonchev–Trinajstić information content (AvgIpc) is 2.95. The lowest BCUT2D eigenvalue weighted by Crippen LogP contribution is -2.33. The number of ether oxygens (including phenoxy) is 1. The Bertz CT molecular complexity index is 545. The van der Waals surface area contributed by atoms with E-state index in [0.717, 1.165) is 0 Å². The Morgan fingerprint density at radius 1 is 1.45 bits per heavy atom. The number of nitrogens with one attached hydrogen (secondary N) is 1. The number of nitrogens with zero attached hydrogens (tertiary/aromatic N) is 1. The van der Waals surface area contributed by atoms with E-state index < -0.39 is 11.9 Å². The van der Waals surface area contributed by atoms with Crippen molar-refractivity contribution in [1.82, 2.24) is 4.90 Å². The number of carboxylic acid groups (broad SMARTS) is 1. The van der Waals surface area contributed by atoms with E-state index in [1.807, 2.05) is 12.1 Å². The summed E-state index contributed by atoms with van der Waals surface area (Å²) in [4.78, 5) is 24.6. The molecule has 1 aliphatic heterocycles. The van der Waals surface area contributed by atoms with Gasteiger partial charge in [0, 0.05) is 24.8 Å². The van der Waals surface area contributed by atoms with E-state index in [-0.39, 0.29) is 12.6 Å². The van der Waals surface area contributed by atoms with Gasteiger partial charge in [0.2, 0.25) is 0 Å². The Labute approximate surface area is 130 Å². The van der Waals surface area contributed by atoms with Crippen molar-refractivity contribution in [2.75, 3.05) is 25.0 Å². The summed E-state index contributed by atoms with van der Waals surface area (Å²) in [5.41, 5.74) is 0.644. The van der Waals surface area contributed by atoms with Crippen LogP contribution in [0.2, 0.25) is 0 Å².